The first-order valence-electron chi connectivity index (χ1n) is 7.42. The van der Waals surface area contributed by atoms with Crippen molar-refractivity contribution in [2.45, 2.75) is 37.6 Å². The van der Waals surface area contributed by atoms with E-state index in [1.165, 1.54) is 6.42 Å². The molecule has 1 fully saturated rings. The molecule has 2 N–H and O–H groups in total. The van der Waals surface area contributed by atoms with E-state index in [1.807, 2.05) is 24.3 Å². The number of nitrogens with one attached hydrogen (secondary N) is 2. The fraction of sp³-hybridized carbons (Fsp3) is 0.562. The zero-order chi connectivity index (χ0) is 14.0. The van der Waals surface area contributed by atoms with Gasteiger partial charge in [-0.2, -0.15) is 0 Å². The highest BCUT2D eigenvalue weighted by Gasteiger charge is 2.31. The molecule has 0 bridgehead atoms. The minimum absolute atomic E-state index is 0.0559. The second-order valence-corrected chi connectivity index (χ2v) is 6.04. The van der Waals surface area contributed by atoms with Gasteiger partial charge in [0, 0.05) is 17.6 Å². The van der Waals surface area contributed by atoms with Crippen LogP contribution in [0.5, 0.6) is 5.75 Å². The molecule has 0 aliphatic carbocycles. The van der Waals surface area contributed by atoms with E-state index in [2.05, 4.69) is 17.6 Å². The second kappa shape index (κ2) is 5.44. The van der Waals surface area contributed by atoms with Gasteiger partial charge in [-0.3, -0.25) is 4.79 Å². The van der Waals surface area contributed by atoms with Crippen LogP contribution in [0.25, 0.3) is 0 Å². The Hall–Kier alpha value is -1.55. The first-order chi connectivity index (χ1) is 9.68. The Bertz CT molecular complexity index is 495. The van der Waals surface area contributed by atoms with Crippen LogP contribution in [0.3, 0.4) is 0 Å². The summed E-state index contributed by atoms with van der Waals surface area (Å²) in [6, 6.07) is 7.85. The summed E-state index contributed by atoms with van der Waals surface area (Å²) in [5.74, 6) is 0.893. The highest BCUT2D eigenvalue weighted by Crippen LogP contribution is 2.33. The smallest absolute Gasteiger partial charge is 0.227 e. The van der Waals surface area contributed by atoms with Gasteiger partial charge in [0.15, 0.2) is 0 Å². The summed E-state index contributed by atoms with van der Waals surface area (Å²) < 4.78 is 5.61. The van der Waals surface area contributed by atoms with E-state index in [9.17, 15) is 4.79 Å². The molecule has 1 aromatic rings. The first kappa shape index (κ1) is 13.4. The number of carbonyl (C=O) groups excluding carboxylic acids is 1. The van der Waals surface area contributed by atoms with Crippen molar-refractivity contribution in [1.29, 1.82) is 0 Å². The molecule has 4 heteroatoms. The number of carbonyl (C=O) groups is 1. The summed E-state index contributed by atoms with van der Waals surface area (Å²) >= 11 is 0. The van der Waals surface area contributed by atoms with Crippen LogP contribution in [0.15, 0.2) is 24.3 Å². The van der Waals surface area contributed by atoms with Crippen molar-refractivity contribution >= 4 is 5.91 Å². The minimum Gasteiger partial charge on any atom is -0.493 e. The van der Waals surface area contributed by atoms with Crippen LogP contribution in [0.4, 0.5) is 0 Å². The molecule has 1 amide bonds. The normalized spacial score (nSPS) is 28.6. The van der Waals surface area contributed by atoms with Gasteiger partial charge in [-0.25, -0.2) is 0 Å². The number of para-hydroxylation sites is 1. The van der Waals surface area contributed by atoms with Crippen molar-refractivity contribution in [3.05, 3.63) is 29.8 Å². The maximum atomic E-state index is 12.5. The maximum absolute atomic E-state index is 12.5. The van der Waals surface area contributed by atoms with Crippen LogP contribution in [0.2, 0.25) is 0 Å². The van der Waals surface area contributed by atoms with Crippen molar-refractivity contribution in [2.75, 3.05) is 19.7 Å². The maximum Gasteiger partial charge on any atom is 0.227 e. The number of hydrogen-bond donors (Lipinski definition) is 2. The van der Waals surface area contributed by atoms with Crippen molar-refractivity contribution in [2.24, 2.45) is 0 Å². The van der Waals surface area contributed by atoms with E-state index in [1.54, 1.807) is 0 Å². The fourth-order valence-corrected chi connectivity index (χ4v) is 3.13. The third kappa shape index (κ3) is 2.66. The number of amides is 1. The standard InChI is InChI=1S/C16H22N2O2/c1-16(8-4-9-18-16)11-17-15(19)13-7-10-20-14-6-3-2-5-12(13)14/h2-3,5-6,13,18H,4,7-11H2,1H3,(H,17,19). The number of benzene rings is 1. The van der Waals surface area contributed by atoms with Gasteiger partial charge < -0.3 is 15.4 Å². The van der Waals surface area contributed by atoms with Crippen molar-refractivity contribution in [3.63, 3.8) is 0 Å². The topological polar surface area (TPSA) is 50.4 Å². The molecular weight excluding hydrogens is 252 g/mol. The van der Waals surface area contributed by atoms with E-state index < -0.39 is 0 Å². The third-order valence-corrected chi connectivity index (χ3v) is 4.38. The zero-order valence-corrected chi connectivity index (χ0v) is 11.9. The summed E-state index contributed by atoms with van der Waals surface area (Å²) in [7, 11) is 0. The van der Waals surface area contributed by atoms with E-state index in [-0.39, 0.29) is 17.4 Å². The quantitative estimate of drug-likeness (QED) is 0.884. The monoisotopic (exact) mass is 274 g/mol. The fourth-order valence-electron chi connectivity index (χ4n) is 3.13. The third-order valence-electron chi connectivity index (χ3n) is 4.38. The van der Waals surface area contributed by atoms with Gasteiger partial charge in [0.2, 0.25) is 5.91 Å². The van der Waals surface area contributed by atoms with Crippen molar-refractivity contribution < 1.29 is 9.53 Å². The molecule has 108 valence electrons. The van der Waals surface area contributed by atoms with Crippen molar-refractivity contribution in [1.82, 2.24) is 10.6 Å². The van der Waals surface area contributed by atoms with Crippen LogP contribution in [0, 0.1) is 0 Å². The minimum atomic E-state index is -0.0787. The Balaban J connectivity index is 1.66. The molecule has 2 unspecified atom stereocenters. The number of rotatable bonds is 3. The molecule has 0 saturated carbocycles. The molecule has 1 aromatic carbocycles. The largest absolute Gasteiger partial charge is 0.493 e. The lowest BCUT2D eigenvalue weighted by Crippen LogP contribution is -2.48. The molecule has 0 radical (unpaired) electrons. The van der Waals surface area contributed by atoms with Gasteiger partial charge in [0.05, 0.1) is 12.5 Å². The molecular formula is C16H22N2O2. The van der Waals surface area contributed by atoms with Gasteiger partial charge in [0.25, 0.3) is 0 Å². The highest BCUT2D eigenvalue weighted by atomic mass is 16.5. The Morgan fingerprint density at radius 1 is 1.50 bits per heavy atom. The molecule has 3 rings (SSSR count). The van der Waals surface area contributed by atoms with Crippen LogP contribution in [0.1, 0.15) is 37.7 Å². The first-order valence-corrected chi connectivity index (χ1v) is 7.42. The number of hydrogen-bond acceptors (Lipinski definition) is 3. The van der Waals surface area contributed by atoms with E-state index in [0.717, 1.165) is 30.7 Å². The molecule has 2 heterocycles. The molecule has 20 heavy (non-hydrogen) atoms. The molecule has 4 nitrogen and oxygen atoms in total. The molecule has 0 spiro atoms. The number of fused-ring (bicyclic) bond motifs is 1. The molecule has 1 saturated heterocycles. The number of ether oxygens (including phenoxy) is 1. The van der Waals surface area contributed by atoms with Crippen LogP contribution >= 0.6 is 0 Å². The van der Waals surface area contributed by atoms with Gasteiger partial charge in [-0.05, 0) is 38.8 Å². The molecule has 2 aliphatic rings. The van der Waals surface area contributed by atoms with Gasteiger partial charge in [0.1, 0.15) is 5.75 Å². The lowest BCUT2D eigenvalue weighted by molar-refractivity contribution is -0.123. The summed E-state index contributed by atoms with van der Waals surface area (Å²) in [5.41, 5.74) is 1.07. The summed E-state index contributed by atoms with van der Waals surface area (Å²) in [6.45, 7) is 4.54. The SMILES string of the molecule is CC1(CNC(=O)C2CCOc3ccccc32)CCCN1. The average Bonchev–Trinajstić information content (AvgIpc) is 2.91. The van der Waals surface area contributed by atoms with Gasteiger partial charge in [-0.15, -0.1) is 0 Å². The Kier molecular flexibility index (Phi) is 3.66. The van der Waals surface area contributed by atoms with E-state index in [0.29, 0.717) is 13.2 Å². The van der Waals surface area contributed by atoms with E-state index in [4.69, 9.17) is 4.74 Å². The van der Waals surface area contributed by atoms with Crippen molar-refractivity contribution in [3.8, 4) is 5.75 Å². The molecule has 0 aromatic heterocycles. The predicted octanol–water partition coefficient (Wildman–Crippen LogP) is 1.81. The Labute approximate surface area is 119 Å². The second-order valence-electron chi connectivity index (χ2n) is 6.04. The molecule has 2 aliphatic heterocycles. The average molecular weight is 274 g/mol. The molecule has 2 atom stereocenters. The van der Waals surface area contributed by atoms with Gasteiger partial charge in [-0.1, -0.05) is 18.2 Å². The van der Waals surface area contributed by atoms with E-state index >= 15 is 0 Å². The summed E-state index contributed by atoms with van der Waals surface area (Å²) in [5, 5.41) is 6.59. The lowest BCUT2D eigenvalue weighted by atomic mass is 9.91. The van der Waals surface area contributed by atoms with Crippen LogP contribution < -0.4 is 15.4 Å². The Morgan fingerprint density at radius 2 is 2.35 bits per heavy atom. The lowest BCUT2D eigenvalue weighted by Gasteiger charge is -2.28. The van der Waals surface area contributed by atoms with Gasteiger partial charge >= 0.3 is 0 Å². The highest BCUT2D eigenvalue weighted by molar-refractivity contribution is 5.84. The Morgan fingerprint density at radius 3 is 3.15 bits per heavy atom. The summed E-state index contributed by atoms with van der Waals surface area (Å²) in [6.07, 6.45) is 3.07. The zero-order valence-electron chi connectivity index (χ0n) is 11.9. The summed E-state index contributed by atoms with van der Waals surface area (Å²) in [4.78, 5) is 12.5. The van der Waals surface area contributed by atoms with Crippen LogP contribution in [-0.4, -0.2) is 31.1 Å². The predicted molar refractivity (Wildman–Crippen MR) is 77.9 cm³/mol. The van der Waals surface area contributed by atoms with Crippen LogP contribution in [-0.2, 0) is 4.79 Å².